The number of sulfonamides is 1. The average molecular weight is 263 g/mol. The van der Waals surface area contributed by atoms with Crippen LogP contribution in [0.1, 0.15) is 6.42 Å². The van der Waals surface area contributed by atoms with E-state index < -0.39 is 21.6 Å². The van der Waals surface area contributed by atoms with Crippen molar-refractivity contribution >= 4 is 15.7 Å². The summed E-state index contributed by atoms with van der Waals surface area (Å²) in [5.41, 5.74) is 0.0812. The number of anilines is 1. The number of aromatic hydroxyl groups is 1. The Balaban J connectivity index is 2.66. The van der Waals surface area contributed by atoms with Gasteiger partial charge in [-0.3, -0.25) is 4.72 Å². The minimum Gasteiger partial charge on any atom is -0.505 e. The highest BCUT2D eigenvalue weighted by atomic mass is 32.2. The van der Waals surface area contributed by atoms with Gasteiger partial charge in [0.25, 0.3) is 0 Å². The lowest BCUT2D eigenvalue weighted by molar-refractivity contribution is 0.199. The van der Waals surface area contributed by atoms with Gasteiger partial charge in [-0.25, -0.2) is 12.8 Å². The highest BCUT2D eigenvalue weighted by Crippen LogP contribution is 2.20. The van der Waals surface area contributed by atoms with Crippen LogP contribution in [0.2, 0.25) is 0 Å². The molecule has 0 spiro atoms. The van der Waals surface area contributed by atoms with Gasteiger partial charge in [0, 0.05) is 19.8 Å². The lowest BCUT2D eigenvalue weighted by Crippen LogP contribution is -2.17. The summed E-state index contributed by atoms with van der Waals surface area (Å²) in [4.78, 5) is 0. The monoisotopic (exact) mass is 263 g/mol. The molecule has 0 aliphatic heterocycles. The van der Waals surface area contributed by atoms with Crippen LogP contribution in [0, 0.1) is 5.82 Å². The summed E-state index contributed by atoms with van der Waals surface area (Å²) < 4.78 is 42.9. The van der Waals surface area contributed by atoms with E-state index in [4.69, 9.17) is 9.84 Å². The molecule has 0 atom stereocenters. The third kappa shape index (κ3) is 4.58. The molecule has 0 fully saturated rings. The SMILES string of the molecule is COCCCS(=O)(=O)Nc1ccc(O)c(F)c1. The Hall–Kier alpha value is -1.34. The van der Waals surface area contributed by atoms with Gasteiger partial charge >= 0.3 is 0 Å². The third-order valence-corrected chi connectivity index (χ3v) is 3.36. The number of methoxy groups -OCH3 is 1. The van der Waals surface area contributed by atoms with Crippen LogP contribution in [-0.4, -0.2) is 33.0 Å². The summed E-state index contributed by atoms with van der Waals surface area (Å²) in [5, 5.41) is 8.95. The first-order valence-corrected chi connectivity index (χ1v) is 6.58. The molecule has 0 aromatic heterocycles. The molecule has 2 N–H and O–H groups in total. The molecular formula is C10H14FNO4S. The first kappa shape index (κ1) is 13.7. The zero-order valence-corrected chi connectivity index (χ0v) is 10.1. The van der Waals surface area contributed by atoms with Crippen molar-refractivity contribution in [3.63, 3.8) is 0 Å². The van der Waals surface area contributed by atoms with Crippen LogP contribution < -0.4 is 4.72 Å². The fraction of sp³-hybridized carbons (Fsp3) is 0.400. The van der Waals surface area contributed by atoms with Crippen LogP contribution in [0.4, 0.5) is 10.1 Å². The Morgan fingerprint density at radius 2 is 2.18 bits per heavy atom. The van der Waals surface area contributed by atoms with E-state index in [1.54, 1.807) is 0 Å². The second-order valence-electron chi connectivity index (χ2n) is 3.43. The number of phenols is 1. The first-order valence-electron chi connectivity index (χ1n) is 4.92. The molecule has 1 rings (SSSR count). The van der Waals surface area contributed by atoms with Crippen LogP contribution in [-0.2, 0) is 14.8 Å². The Morgan fingerprint density at radius 3 is 2.76 bits per heavy atom. The second kappa shape index (κ2) is 5.83. The first-order chi connectivity index (χ1) is 7.94. The zero-order valence-electron chi connectivity index (χ0n) is 9.31. The predicted molar refractivity (Wildman–Crippen MR) is 62.0 cm³/mol. The molecule has 0 saturated heterocycles. The zero-order chi connectivity index (χ0) is 12.9. The molecule has 17 heavy (non-hydrogen) atoms. The van der Waals surface area contributed by atoms with Gasteiger partial charge in [-0.05, 0) is 18.6 Å². The number of phenolic OH excluding ortho intramolecular Hbond substituents is 1. The maximum atomic E-state index is 13.0. The Labute approximate surface area is 99.3 Å². The molecule has 7 heteroatoms. The molecule has 0 radical (unpaired) electrons. The number of nitrogens with one attached hydrogen (secondary N) is 1. The molecule has 1 aromatic rings. The van der Waals surface area contributed by atoms with Gasteiger partial charge in [0.1, 0.15) is 0 Å². The molecule has 0 amide bonds. The number of halogens is 1. The van der Waals surface area contributed by atoms with Crippen LogP contribution in [0.15, 0.2) is 18.2 Å². The molecule has 1 aromatic carbocycles. The van der Waals surface area contributed by atoms with Gasteiger partial charge in [0.15, 0.2) is 11.6 Å². The van der Waals surface area contributed by atoms with E-state index in [1.807, 2.05) is 0 Å². The summed E-state index contributed by atoms with van der Waals surface area (Å²) >= 11 is 0. The highest BCUT2D eigenvalue weighted by Gasteiger charge is 2.11. The normalized spacial score (nSPS) is 11.4. The van der Waals surface area contributed by atoms with Gasteiger partial charge < -0.3 is 9.84 Å². The molecule has 0 unspecified atom stereocenters. The van der Waals surface area contributed by atoms with E-state index in [2.05, 4.69) is 4.72 Å². The fourth-order valence-electron chi connectivity index (χ4n) is 1.19. The van der Waals surface area contributed by atoms with E-state index in [9.17, 15) is 12.8 Å². The Bertz CT molecular complexity index is 475. The Morgan fingerprint density at radius 1 is 1.47 bits per heavy atom. The number of hydrogen-bond acceptors (Lipinski definition) is 4. The van der Waals surface area contributed by atoms with Gasteiger partial charge in [-0.1, -0.05) is 0 Å². The summed E-state index contributed by atoms with van der Waals surface area (Å²) in [6, 6.07) is 3.29. The minimum atomic E-state index is -3.51. The van der Waals surface area contributed by atoms with Crippen molar-refractivity contribution in [2.24, 2.45) is 0 Å². The molecular weight excluding hydrogens is 249 g/mol. The van der Waals surface area contributed by atoms with E-state index >= 15 is 0 Å². The van der Waals surface area contributed by atoms with Crippen molar-refractivity contribution in [2.75, 3.05) is 24.2 Å². The van der Waals surface area contributed by atoms with Crippen LogP contribution in [0.3, 0.4) is 0 Å². The van der Waals surface area contributed by atoms with Crippen molar-refractivity contribution in [1.82, 2.24) is 0 Å². The maximum Gasteiger partial charge on any atom is 0.232 e. The molecule has 0 aliphatic rings. The highest BCUT2D eigenvalue weighted by molar-refractivity contribution is 7.92. The van der Waals surface area contributed by atoms with Crippen molar-refractivity contribution in [3.05, 3.63) is 24.0 Å². The summed E-state index contributed by atoms with van der Waals surface area (Å²) in [6.45, 7) is 0.338. The van der Waals surface area contributed by atoms with Crippen molar-refractivity contribution < 1.29 is 22.7 Å². The van der Waals surface area contributed by atoms with Gasteiger partial charge in [-0.15, -0.1) is 0 Å². The predicted octanol–water partition coefficient (Wildman–Crippen LogP) is 1.31. The van der Waals surface area contributed by atoms with Crippen LogP contribution >= 0.6 is 0 Å². The van der Waals surface area contributed by atoms with Crippen molar-refractivity contribution in [1.29, 1.82) is 0 Å². The Kier molecular flexibility index (Phi) is 4.71. The van der Waals surface area contributed by atoms with E-state index in [0.29, 0.717) is 13.0 Å². The topological polar surface area (TPSA) is 75.6 Å². The quantitative estimate of drug-likeness (QED) is 0.599. The summed E-state index contributed by atoms with van der Waals surface area (Å²) in [5.74, 6) is -1.50. The van der Waals surface area contributed by atoms with Crippen LogP contribution in [0.25, 0.3) is 0 Å². The smallest absolute Gasteiger partial charge is 0.232 e. The number of benzene rings is 1. The van der Waals surface area contributed by atoms with Gasteiger partial charge in [0.2, 0.25) is 10.0 Å². The molecule has 0 saturated carbocycles. The molecule has 0 bridgehead atoms. The minimum absolute atomic E-state index is 0.0812. The van der Waals surface area contributed by atoms with E-state index in [0.717, 1.165) is 12.1 Å². The number of ether oxygens (including phenoxy) is 1. The van der Waals surface area contributed by atoms with Crippen molar-refractivity contribution in [3.8, 4) is 5.75 Å². The lowest BCUT2D eigenvalue weighted by Gasteiger charge is -2.08. The standard InChI is InChI=1S/C10H14FNO4S/c1-16-5-2-6-17(14,15)12-8-3-4-10(13)9(11)7-8/h3-4,7,12-13H,2,5-6H2,1H3. The molecule has 0 heterocycles. The second-order valence-corrected chi connectivity index (χ2v) is 5.28. The van der Waals surface area contributed by atoms with Crippen molar-refractivity contribution in [2.45, 2.75) is 6.42 Å². The lowest BCUT2D eigenvalue weighted by atomic mass is 10.3. The summed E-state index contributed by atoms with van der Waals surface area (Å²) in [6.07, 6.45) is 0.354. The van der Waals surface area contributed by atoms with E-state index in [1.165, 1.54) is 13.2 Å². The summed E-state index contributed by atoms with van der Waals surface area (Å²) in [7, 11) is -2.03. The van der Waals surface area contributed by atoms with Crippen LogP contribution in [0.5, 0.6) is 5.75 Å². The largest absolute Gasteiger partial charge is 0.505 e. The maximum absolute atomic E-state index is 13.0. The fourth-order valence-corrected chi connectivity index (χ4v) is 2.28. The van der Waals surface area contributed by atoms with Gasteiger partial charge in [-0.2, -0.15) is 0 Å². The molecule has 96 valence electrons. The average Bonchev–Trinajstić information content (AvgIpc) is 2.23. The third-order valence-electron chi connectivity index (χ3n) is 1.98. The number of hydrogen-bond donors (Lipinski definition) is 2. The van der Waals surface area contributed by atoms with E-state index in [-0.39, 0.29) is 11.4 Å². The molecule has 0 aliphatic carbocycles. The van der Waals surface area contributed by atoms with Gasteiger partial charge in [0.05, 0.1) is 11.4 Å². The molecule has 5 nitrogen and oxygen atoms in total. The number of rotatable bonds is 6.